The Morgan fingerprint density at radius 2 is 2.26 bits per heavy atom. The molecule has 1 fully saturated rings. The highest BCUT2D eigenvalue weighted by molar-refractivity contribution is 5.96. The second-order valence-corrected chi connectivity index (χ2v) is 5.35. The van der Waals surface area contributed by atoms with Gasteiger partial charge in [0.05, 0.1) is 5.56 Å². The normalized spacial score (nSPS) is 17.1. The summed E-state index contributed by atoms with van der Waals surface area (Å²) in [6.45, 7) is 0.960. The Bertz CT molecular complexity index is 723. The van der Waals surface area contributed by atoms with Gasteiger partial charge in [0.2, 0.25) is 0 Å². The largest absolute Gasteiger partial charge is 0.364 e. The molecule has 1 unspecified atom stereocenters. The predicted octanol–water partition coefficient (Wildman–Crippen LogP) is 1.75. The van der Waals surface area contributed by atoms with Crippen molar-refractivity contribution in [1.82, 2.24) is 15.1 Å². The molecule has 1 atom stereocenters. The molecule has 1 amide bonds. The van der Waals surface area contributed by atoms with Crippen LogP contribution >= 0.6 is 0 Å². The van der Waals surface area contributed by atoms with E-state index in [1.807, 2.05) is 0 Å². The van der Waals surface area contributed by atoms with E-state index in [2.05, 4.69) is 15.5 Å². The summed E-state index contributed by atoms with van der Waals surface area (Å²) in [6, 6.07) is 7.38. The number of aromatic nitrogens is 2. The van der Waals surface area contributed by atoms with E-state index in [9.17, 15) is 14.0 Å². The smallest absolute Gasteiger partial charge is 0.256 e. The fraction of sp³-hybridized carbons (Fsp3) is 0.250. The number of aldehydes is 1. The quantitative estimate of drug-likeness (QED) is 0.870. The lowest BCUT2D eigenvalue weighted by molar-refractivity contribution is 0.0787. The van der Waals surface area contributed by atoms with Crippen molar-refractivity contribution < 1.29 is 14.0 Å². The van der Waals surface area contributed by atoms with E-state index in [4.69, 9.17) is 0 Å². The second kappa shape index (κ2) is 6.51. The van der Waals surface area contributed by atoms with Gasteiger partial charge < -0.3 is 10.2 Å². The van der Waals surface area contributed by atoms with Crippen molar-refractivity contribution in [1.29, 1.82) is 0 Å². The number of anilines is 1. The number of nitrogens with one attached hydrogen (secondary N) is 1. The summed E-state index contributed by atoms with van der Waals surface area (Å²) < 4.78 is 13.9. The fourth-order valence-corrected chi connectivity index (χ4v) is 2.60. The van der Waals surface area contributed by atoms with E-state index in [0.717, 1.165) is 12.5 Å². The van der Waals surface area contributed by atoms with Crippen molar-refractivity contribution in [2.45, 2.75) is 12.5 Å². The lowest BCUT2D eigenvalue weighted by atomic mass is 10.1. The maximum absolute atomic E-state index is 13.9. The molecule has 1 aromatic heterocycles. The molecule has 1 aliphatic heterocycles. The van der Waals surface area contributed by atoms with E-state index in [1.54, 1.807) is 23.2 Å². The zero-order valence-corrected chi connectivity index (χ0v) is 12.3. The topological polar surface area (TPSA) is 75.2 Å². The Kier molecular flexibility index (Phi) is 4.27. The number of halogens is 1. The summed E-state index contributed by atoms with van der Waals surface area (Å²) in [6.07, 6.45) is 2.91. The van der Waals surface area contributed by atoms with E-state index >= 15 is 0 Å². The van der Waals surface area contributed by atoms with Crippen molar-refractivity contribution in [3.63, 3.8) is 0 Å². The van der Waals surface area contributed by atoms with Crippen LogP contribution in [-0.4, -0.2) is 46.4 Å². The molecule has 0 saturated carbocycles. The van der Waals surface area contributed by atoms with Crippen LogP contribution in [0.1, 0.15) is 27.1 Å². The molecule has 23 heavy (non-hydrogen) atoms. The highest BCUT2D eigenvalue weighted by Crippen LogP contribution is 2.19. The zero-order valence-electron chi connectivity index (χ0n) is 12.3. The number of nitrogens with zero attached hydrogens (tertiary/aromatic N) is 3. The predicted molar refractivity (Wildman–Crippen MR) is 81.8 cm³/mol. The summed E-state index contributed by atoms with van der Waals surface area (Å²) in [5, 5.41) is 10.9. The fourth-order valence-electron chi connectivity index (χ4n) is 2.60. The van der Waals surface area contributed by atoms with Gasteiger partial charge in [0.15, 0.2) is 0 Å². The minimum Gasteiger partial charge on any atom is -0.364 e. The van der Waals surface area contributed by atoms with Crippen LogP contribution < -0.4 is 5.32 Å². The summed E-state index contributed by atoms with van der Waals surface area (Å²) in [4.78, 5) is 24.8. The van der Waals surface area contributed by atoms with Gasteiger partial charge in [-0.25, -0.2) is 4.39 Å². The molecular formula is C16H15FN4O2. The number of rotatable bonds is 4. The van der Waals surface area contributed by atoms with Crippen LogP contribution in [0.3, 0.4) is 0 Å². The standard InChI is InChI=1S/C16H15FN4O2/c17-14-4-3-11(10-22)8-13(14)16(23)21-7-5-12(9-21)19-15-2-1-6-18-20-15/h1-4,6,8,10,12H,5,7,9H2,(H,19,20). The van der Waals surface area contributed by atoms with Crippen molar-refractivity contribution in [3.8, 4) is 0 Å². The Morgan fingerprint density at radius 3 is 3.00 bits per heavy atom. The van der Waals surface area contributed by atoms with Crippen LogP contribution in [0.4, 0.5) is 10.2 Å². The van der Waals surface area contributed by atoms with Crippen LogP contribution in [0, 0.1) is 5.82 Å². The maximum Gasteiger partial charge on any atom is 0.256 e. The molecule has 1 aromatic carbocycles. The van der Waals surface area contributed by atoms with Crippen LogP contribution in [-0.2, 0) is 0 Å². The first kappa shape index (κ1) is 15.1. The van der Waals surface area contributed by atoms with Gasteiger partial charge in [-0.05, 0) is 36.8 Å². The van der Waals surface area contributed by atoms with Crippen LogP contribution in [0.2, 0.25) is 0 Å². The van der Waals surface area contributed by atoms with E-state index in [1.165, 1.54) is 12.1 Å². The highest BCUT2D eigenvalue weighted by Gasteiger charge is 2.28. The third kappa shape index (κ3) is 3.33. The number of hydrogen-bond donors (Lipinski definition) is 1. The molecule has 2 heterocycles. The Labute approximate surface area is 132 Å². The van der Waals surface area contributed by atoms with Crippen molar-refractivity contribution >= 4 is 18.0 Å². The lowest BCUT2D eigenvalue weighted by Gasteiger charge is -2.17. The number of hydrogen-bond acceptors (Lipinski definition) is 5. The maximum atomic E-state index is 13.9. The summed E-state index contributed by atoms with van der Waals surface area (Å²) in [5.74, 6) is -0.387. The first-order valence-corrected chi connectivity index (χ1v) is 7.25. The molecule has 1 N–H and O–H groups in total. The van der Waals surface area contributed by atoms with Crippen LogP contribution in [0.5, 0.6) is 0 Å². The highest BCUT2D eigenvalue weighted by atomic mass is 19.1. The summed E-state index contributed by atoms with van der Waals surface area (Å²) in [7, 11) is 0. The van der Waals surface area contributed by atoms with E-state index in [0.29, 0.717) is 25.2 Å². The molecule has 118 valence electrons. The molecule has 7 heteroatoms. The van der Waals surface area contributed by atoms with Crippen molar-refractivity contribution in [3.05, 3.63) is 53.5 Å². The Hall–Kier alpha value is -2.83. The van der Waals surface area contributed by atoms with Gasteiger partial charge in [-0.2, -0.15) is 5.10 Å². The Balaban J connectivity index is 1.69. The molecular weight excluding hydrogens is 299 g/mol. The van der Waals surface area contributed by atoms with Crippen LogP contribution in [0.15, 0.2) is 36.5 Å². The average Bonchev–Trinajstić information content (AvgIpc) is 3.04. The lowest BCUT2D eigenvalue weighted by Crippen LogP contribution is -2.32. The molecule has 0 aliphatic carbocycles. The number of carbonyl (C=O) groups is 2. The number of carbonyl (C=O) groups excluding carboxylic acids is 2. The van der Waals surface area contributed by atoms with Gasteiger partial charge in [0.1, 0.15) is 17.9 Å². The first-order valence-electron chi connectivity index (χ1n) is 7.25. The van der Waals surface area contributed by atoms with Gasteiger partial charge in [0.25, 0.3) is 5.91 Å². The molecule has 0 bridgehead atoms. The minimum absolute atomic E-state index is 0.0352. The molecule has 0 radical (unpaired) electrons. The molecule has 1 saturated heterocycles. The van der Waals surface area contributed by atoms with Gasteiger partial charge in [-0.3, -0.25) is 9.59 Å². The first-order chi connectivity index (χ1) is 11.2. The molecule has 0 spiro atoms. The van der Waals surface area contributed by atoms with Crippen molar-refractivity contribution in [2.24, 2.45) is 0 Å². The number of likely N-dealkylation sites (tertiary alicyclic amines) is 1. The second-order valence-electron chi connectivity index (χ2n) is 5.35. The van der Waals surface area contributed by atoms with E-state index < -0.39 is 11.7 Å². The van der Waals surface area contributed by atoms with Gasteiger partial charge in [-0.1, -0.05) is 0 Å². The number of amides is 1. The van der Waals surface area contributed by atoms with Crippen molar-refractivity contribution in [2.75, 3.05) is 18.4 Å². The number of benzene rings is 1. The Morgan fingerprint density at radius 1 is 1.39 bits per heavy atom. The minimum atomic E-state index is -0.620. The molecule has 6 nitrogen and oxygen atoms in total. The third-order valence-corrected chi connectivity index (χ3v) is 3.76. The summed E-state index contributed by atoms with van der Waals surface area (Å²) in [5.41, 5.74) is 0.206. The van der Waals surface area contributed by atoms with E-state index in [-0.39, 0.29) is 17.2 Å². The molecule has 2 aromatic rings. The monoisotopic (exact) mass is 314 g/mol. The zero-order chi connectivity index (χ0) is 16.2. The third-order valence-electron chi connectivity index (χ3n) is 3.76. The van der Waals surface area contributed by atoms with Crippen LogP contribution in [0.25, 0.3) is 0 Å². The van der Waals surface area contributed by atoms with Gasteiger partial charge in [-0.15, -0.1) is 5.10 Å². The SMILES string of the molecule is O=Cc1ccc(F)c(C(=O)N2CCC(Nc3cccnn3)C2)c1. The average molecular weight is 314 g/mol. The molecule has 3 rings (SSSR count). The molecule has 1 aliphatic rings. The summed E-state index contributed by atoms with van der Waals surface area (Å²) >= 11 is 0. The van der Waals surface area contributed by atoms with Gasteiger partial charge >= 0.3 is 0 Å². The van der Waals surface area contributed by atoms with Gasteiger partial charge in [0, 0.05) is 30.9 Å².